The second kappa shape index (κ2) is 6.87. The molecular weight excluding hydrogens is 370 g/mol. The number of rotatable bonds is 2. The van der Waals surface area contributed by atoms with Crippen molar-refractivity contribution in [3.63, 3.8) is 0 Å². The van der Waals surface area contributed by atoms with Gasteiger partial charge in [0.15, 0.2) is 0 Å². The number of H-pyrrole nitrogens is 1. The molecule has 1 fully saturated rings. The third-order valence-electron chi connectivity index (χ3n) is 5.80. The van der Waals surface area contributed by atoms with Gasteiger partial charge < -0.3 is 14.6 Å². The van der Waals surface area contributed by atoms with E-state index in [9.17, 15) is 4.79 Å². The normalized spacial score (nSPS) is 18.2. The van der Waals surface area contributed by atoms with E-state index in [2.05, 4.69) is 23.2 Å². The molecule has 6 heteroatoms. The number of likely N-dealkylation sites (tertiary alicyclic amines) is 1. The van der Waals surface area contributed by atoms with Crippen LogP contribution in [0.5, 0.6) is 0 Å². The first-order valence-corrected chi connectivity index (χ1v) is 10.6. The predicted octanol–water partition coefficient (Wildman–Crippen LogP) is 4.15. The van der Waals surface area contributed by atoms with Crippen LogP contribution in [0.25, 0.3) is 10.6 Å². The maximum atomic E-state index is 12.6. The van der Waals surface area contributed by atoms with Crippen molar-refractivity contribution in [2.24, 2.45) is 0 Å². The van der Waals surface area contributed by atoms with Gasteiger partial charge in [0.25, 0.3) is 5.91 Å². The standard InChI is InChI=1S/C22H23N3O2S/c1-15-4-2-5-17(24-15)19-14-16-7-13-27-22(20(16)28-19)8-11-25(12-9-22)21(26)18-6-3-10-23-18/h2-6,10,14,23H,7-9,11-13H2,1H3. The van der Waals surface area contributed by atoms with Crippen molar-refractivity contribution >= 4 is 17.2 Å². The second-order valence-corrected chi connectivity index (χ2v) is 8.65. The highest BCUT2D eigenvalue weighted by Crippen LogP contribution is 2.47. The second-order valence-electron chi connectivity index (χ2n) is 7.60. The molecule has 2 aliphatic rings. The van der Waals surface area contributed by atoms with Crippen molar-refractivity contribution in [3.8, 4) is 10.6 Å². The Morgan fingerprint density at radius 2 is 2.11 bits per heavy atom. The summed E-state index contributed by atoms with van der Waals surface area (Å²) in [7, 11) is 0. The monoisotopic (exact) mass is 393 g/mol. The van der Waals surface area contributed by atoms with E-state index in [1.165, 1.54) is 15.3 Å². The Labute approximate surface area is 168 Å². The molecule has 28 heavy (non-hydrogen) atoms. The van der Waals surface area contributed by atoms with Crippen LogP contribution >= 0.6 is 11.3 Å². The summed E-state index contributed by atoms with van der Waals surface area (Å²) >= 11 is 1.81. The summed E-state index contributed by atoms with van der Waals surface area (Å²) < 4.78 is 6.37. The Morgan fingerprint density at radius 1 is 1.25 bits per heavy atom. The van der Waals surface area contributed by atoms with Gasteiger partial charge in [-0.1, -0.05) is 6.07 Å². The number of aromatic amines is 1. The fourth-order valence-electron chi connectivity index (χ4n) is 4.30. The maximum absolute atomic E-state index is 12.6. The van der Waals surface area contributed by atoms with E-state index in [0.29, 0.717) is 18.8 Å². The summed E-state index contributed by atoms with van der Waals surface area (Å²) in [6.45, 7) is 4.20. The lowest BCUT2D eigenvalue weighted by molar-refractivity contribution is -0.0906. The van der Waals surface area contributed by atoms with Gasteiger partial charge in [-0.25, -0.2) is 0 Å². The van der Waals surface area contributed by atoms with Crippen molar-refractivity contribution in [2.45, 2.75) is 31.8 Å². The van der Waals surface area contributed by atoms with Gasteiger partial charge in [-0.2, -0.15) is 0 Å². The van der Waals surface area contributed by atoms with E-state index >= 15 is 0 Å². The third-order valence-corrected chi connectivity index (χ3v) is 7.19. The van der Waals surface area contributed by atoms with Gasteiger partial charge in [-0.05, 0) is 62.1 Å². The zero-order valence-electron chi connectivity index (χ0n) is 15.9. The number of hydrogen-bond donors (Lipinski definition) is 1. The van der Waals surface area contributed by atoms with Crippen molar-refractivity contribution in [1.82, 2.24) is 14.9 Å². The molecule has 1 N–H and O–H groups in total. The maximum Gasteiger partial charge on any atom is 0.270 e. The van der Waals surface area contributed by atoms with E-state index in [1.54, 1.807) is 6.20 Å². The van der Waals surface area contributed by atoms with Gasteiger partial charge in [0.05, 0.1) is 17.2 Å². The summed E-state index contributed by atoms with van der Waals surface area (Å²) in [6.07, 6.45) is 4.42. The minimum absolute atomic E-state index is 0.0757. The molecule has 144 valence electrons. The van der Waals surface area contributed by atoms with Gasteiger partial charge in [0.1, 0.15) is 11.3 Å². The Kier molecular flexibility index (Phi) is 4.33. The van der Waals surface area contributed by atoms with Crippen LogP contribution in [0.15, 0.2) is 42.6 Å². The first-order valence-electron chi connectivity index (χ1n) is 9.78. The zero-order chi connectivity index (χ0) is 19.1. The molecule has 3 aromatic heterocycles. The molecule has 0 saturated carbocycles. The molecule has 1 amide bonds. The van der Waals surface area contributed by atoms with E-state index in [-0.39, 0.29) is 11.5 Å². The van der Waals surface area contributed by atoms with Gasteiger partial charge in [-0.3, -0.25) is 9.78 Å². The minimum atomic E-state index is -0.257. The molecule has 5 rings (SSSR count). The molecule has 2 aliphatic heterocycles. The van der Waals surface area contributed by atoms with E-state index in [1.807, 2.05) is 41.4 Å². The molecule has 0 unspecified atom stereocenters. The van der Waals surface area contributed by atoms with Crippen LogP contribution in [-0.4, -0.2) is 40.5 Å². The summed E-state index contributed by atoms with van der Waals surface area (Å²) in [5.74, 6) is 0.0757. The number of pyridine rings is 1. The van der Waals surface area contributed by atoms with Crippen LogP contribution in [0.2, 0.25) is 0 Å². The number of aromatic nitrogens is 2. The Balaban J connectivity index is 1.40. The summed E-state index contributed by atoms with van der Waals surface area (Å²) in [5.41, 5.74) is 3.86. The number of nitrogens with one attached hydrogen (secondary N) is 1. The molecule has 0 bridgehead atoms. The number of carbonyl (C=O) groups excluding carboxylic acids is 1. The molecule has 0 atom stereocenters. The molecule has 0 aromatic carbocycles. The number of carbonyl (C=O) groups is 1. The zero-order valence-corrected chi connectivity index (χ0v) is 16.7. The first kappa shape index (κ1) is 17.6. The molecule has 1 spiro atoms. The highest BCUT2D eigenvalue weighted by molar-refractivity contribution is 7.15. The minimum Gasteiger partial charge on any atom is -0.369 e. The smallest absolute Gasteiger partial charge is 0.270 e. The quantitative estimate of drug-likeness (QED) is 0.712. The lowest BCUT2D eigenvalue weighted by Gasteiger charge is -2.43. The average molecular weight is 394 g/mol. The lowest BCUT2D eigenvalue weighted by Crippen LogP contribution is -2.47. The Morgan fingerprint density at radius 3 is 2.86 bits per heavy atom. The first-order chi connectivity index (χ1) is 13.6. The number of nitrogens with zero attached hydrogens (tertiary/aromatic N) is 2. The summed E-state index contributed by atoms with van der Waals surface area (Å²) in [6, 6.07) is 12.2. The Hall–Kier alpha value is -2.44. The summed E-state index contributed by atoms with van der Waals surface area (Å²) in [5, 5.41) is 0. The predicted molar refractivity (Wildman–Crippen MR) is 110 cm³/mol. The molecule has 5 nitrogen and oxygen atoms in total. The number of amides is 1. The fraction of sp³-hybridized carbons (Fsp3) is 0.364. The van der Waals surface area contributed by atoms with Crippen molar-refractivity contribution in [1.29, 1.82) is 0 Å². The van der Waals surface area contributed by atoms with Gasteiger partial charge in [-0.15, -0.1) is 11.3 Å². The highest BCUT2D eigenvalue weighted by Gasteiger charge is 2.43. The van der Waals surface area contributed by atoms with Crippen LogP contribution in [0.4, 0.5) is 0 Å². The third kappa shape index (κ3) is 2.97. The van der Waals surface area contributed by atoms with Crippen LogP contribution in [-0.2, 0) is 16.8 Å². The number of thiophene rings is 1. The molecule has 0 radical (unpaired) electrons. The van der Waals surface area contributed by atoms with Gasteiger partial charge in [0.2, 0.25) is 0 Å². The van der Waals surface area contributed by atoms with E-state index in [4.69, 9.17) is 9.72 Å². The lowest BCUT2D eigenvalue weighted by atomic mass is 9.85. The number of hydrogen-bond acceptors (Lipinski definition) is 4. The molecule has 5 heterocycles. The number of aryl methyl sites for hydroxylation is 1. The SMILES string of the molecule is Cc1cccc(-c2cc3c(s2)C2(CCN(C(=O)c4ccc[nH]4)CC2)OCC3)n1. The Bertz CT molecular complexity index is 1000. The molecular formula is C22H23N3O2S. The molecule has 0 aliphatic carbocycles. The average Bonchev–Trinajstić information content (AvgIpc) is 3.39. The van der Waals surface area contributed by atoms with Crippen LogP contribution < -0.4 is 0 Å². The van der Waals surface area contributed by atoms with Crippen LogP contribution in [0, 0.1) is 6.92 Å². The van der Waals surface area contributed by atoms with Crippen molar-refractivity contribution < 1.29 is 9.53 Å². The van der Waals surface area contributed by atoms with Crippen molar-refractivity contribution in [3.05, 3.63) is 64.4 Å². The van der Waals surface area contributed by atoms with Gasteiger partial charge in [0, 0.05) is 29.9 Å². The number of ether oxygens (including phenoxy) is 1. The van der Waals surface area contributed by atoms with E-state index < -0.39 is 0 Å². The van der Waals surface area contributed by atoms with Crippen LogP contribution in [0.1, 0.15) is 39.5 Å². The highest BCUT2D eigenvalue weighted by atomic mass is 32.1. The summed E-state index contributed by atoms with van der Waals surface area (Å²) in [4.78, 5) is 24.8. The molecule has 1 saturated heterocycles. The van der Waals surface area contributed by atoms with Crippen molar-refractivity contribution in [2.75, 3.05) is 19.7 Å². The molecule has 3 aromatic rings. The van der Waals surface area contributed by atoms with E-state index in [0.717, 1.165) is 37.3 Å². The van der Waals surface area contributed by atoms with Gasteiger partial charge >= 0.3 is 0 Å². The largest absolute Gasteiger partial charge is 0.369 e. The van der Waals surface area contributed by atoms with Crippen LogP contribution in [0.3, 0.4) is 0 Å². The topological polar surface area (TPSA) is 58.2 Å². The number of piperidine rings is 1. The number of fused-ring (bicyclic) bond motifs is 2. The fourth-order valence-corrected chi connectivity index (χ4v) is 5.69.